The Morgan fingerprint density at radius 1 is 1.54 bits per heavy atom. The number of nitrogens with zero attached hydrogens (tertiary/aromatic N) is 1. The second kappa shape index (κ2) is 4.09. The van der Waals surface area contributed by atoms with Crippen LogP contribution in [0.3, 0.4) is 0 Å². The lowest BCUT2D eigenvalue weighted by Gasteiger charge is -2.13. The summed E-state index contributed by atoms with van der Waals surface area (Å²) in [5.74, 6) is 0. The van der Waals surface area contributed by atoms with Crippen molar-refractivity contribution in [1.29, 1.82) is 5.26 Å². The molecule has 0 N–H and O–H groups in total. The van der Waals surface area contributed by atoms with Gasteiger partial charge >= 0.3 is 0 Å². The zero-order valence-electron chi connectivity index (χ0n) is 8.35. The normalized spacial score (nSPS) is 20.2. The van der Waals surface area contributed by atoms with Crippen LogP contribution in [0.2, 0.25) is 0 Å². The molecule has 0 aromatic carbocycles. The van der Waals surface area contributed by atoms with Gasteiger partial charge in [0.15, 0.2) is 0 Å². The first-order valence-corrected chi connectivity index (χ1v) is 4.61. The average Bonchev–Trinajstić information content (AvgIpc) is 2.04. The molecule has 13 heavy (non-hydrogen) atoms. The Morgan fingerprint density at radius 2 is 2.23 bits per heavy atom. The van der Waals surface area contributed by atoms with E-state index in [1.54, 1.807) is 0 Å². The molecule has 0 unspecified atom stereocenters. The minimum Gasteiger partial charge on any atom is -0.192 e. The van der Waals surface area contributed by atoms with Gasteiger partial charge in [0.2, 0.25) is 0 Å². The summed E-state index contributed by atoms with van der Waals surface area (Å²) >= 11 is 0. The Labute approximate surface area is 80.1 Å². The van der Waals surface area contributed by atoms with Crippen molar-refractivity contribution in [2.24, 2.45) is 0 Å². The number of rotatable bonds is 1. The number of hydrogen-bond acceptors (Lipinski definition) is 1. The Hall–Kier alpha value is -1.29. The lowest BCUT2D eigenvalue weighted by atomic mass is 9.91. The van der Waals surface area contributed by atoms with Crippen LogP contribution in [0.1, 0.15) is 33.1 Å². The Bertz CT molecular complexity index is 324. The summed E-state index contributed by atoms with van der Waals surface area (Å²) in [7, 11) is 0. The van der Waals surface area contributed by atoms with Crippen molar-refractivity contribution in [1.82, 2.24) is 0 Å². The monoisotopic (exact) mass is 173 g/mol. The molecule has 0 saturated carbocycles. The predicted octanol–water partition coefficient (Wildman–Crippen LogP) is 3.51. The van der Waals surface area contributed by atoms with Crippen molar-refractivity contribution in [2.75, 3.05) is 0 Å². The third-order valence-electron chi connectivity index (χ3n) is 2.30. The minimum atomic E-state index is 0.777. The van der Waals surface area contributed by atoms with Gasteiger partial charge in [0, 0.05) is 0 Å². The standard InChI is InChI=1S/C12H15N/c1-9(2)12(8-13)11-6-4-5-10(3)7-11/h7H,1,4-6H2,2-3H3/b12-11-. The summed E-state index contributed by atoms with van der Waals surface area (Å²) in [4.78, 5) is 0. The van der Waals surface area contributed by atoms with Crippen LogP contribution < -0.4 is 0 Å². The lowest BCUT2D eigenvalue weighted by molar-refractivity contribution is 0.780. The van der Waals surface area contributed by atoms with Gasteiger partial charge in [-0.05, 0) is 44.3 Å². The highest BCUT2D eigenvalue weighted by molar-refractivity contribution is 5.48. The van der Waals surface area contributed by atoms with Crippen molar-refractivity contribution >= 4 is 0 Å². The largest absolute Gasteiger partial charge is 0.192 e. The molecule has 0 fully saturated rings. The van der Waals surface area contributed by atoms with Gasteiger partial charge in [0.1, 0.15) is 0 Å². The van der Waals surface area contributed by atoms with Gasteiger partial charge in [-0.3, -0.25) is 0 Å². The van der Waals surface area contributed by atoms with Crippen LogP contribution in [0.5, 0.6) is 0 Å². The number of hydrogen-bond donors (Lipinski definition) is 0. The molecule has 0 heterocycles. The second-order valence-corrected chi connectivity index (χ2v) is 3.64. The molecule has 0 aliphatic heterocycles. The van der Waals surface area contributed by atoms with Crippen molar-refractivity contribution in [3.8, 4) is 6.07 Å². The fourth-order valence-corrected chi connectivity index (χ4v) is 1.64. The molecule has 1 aliphatic rings. The average molecular weight is 173 g/mol. The molecular formula is C12H15N. The topological polar surface area (TPSA) is 23.8 Å². The molecule has 1 rings (SSSR count). The van der Waals surface area contributed by atoms with Crippen LogP contribution in [-0.4, -0.2) is 0 Å². The maximum atomic E-state index is 8.94. The molecule has 0 bridgehead atoms. The van der Waals surface area contributed by atoms with Gasteiger partial charge in [-0.25, -0.2) is 0 Å². The van der Waals surface area contributed by atoms with Gasteiger partial charge < -0.3 is 0 Å². The third-order valence-corrected chi connectivity index (χ3v) is 2.30. The van der Waals surface area contributed by atoms with E-state index in [-0.39, 0.29) is 0 Å². The molecule has 1 aliphatic carbocycles. The van der Waals surface area contributed by atoms with Crippen LogP contribution in [0.25, 0.3) is 0 Å². The van der Waals surface area contributed by atoms with Crippen molar-refractivity contribution in [3.05, 3.63) is 34.9 Å². The first-order chi connectivity index (χ1) is 6.15. The zero-order valence-corrected chi connectivity index (χ0v) is 8.35. The highest BCUT2D eigenvalue weighted by Crippen LogP contribution is 2.26. The first-order valence-electron chi connectivity index (χ1n) is 4.61. The Balaban J connectivity index is 3.09. The van der Waals surface area contributed by atoms with Crippen LogP contribution in [-0.2, 0) is 0 Å². The number of allylic oxidation sites excluding steroid dienone is 5. The van der Waals surface area contributed by atoms with E-state index >= 15 is 0 Å². The molecule has 0 spiro atoms. The van der Waals surface area contributed by atoms with Gasteiger partial charge in [0.05, 0.1) is 11.6 Å². The molecule has 0 radical (unpaired) electrons. The summed E-state index contributed by atoms with van der Waals surface area (Å²) in [5, 5.41) is 8.94. The third kappa shape index (κ3) is 2.32. The molecule has 0 amide bonds. The fourth-order valence-electron chi connectivity index (χ4n) is 1.64. The zero-order chi connectivity index (χ0) is 9.84. The number of nitriles is 1. The van der Waals surface area contributed by atoms with E-state index in [4.69, 9.17) is 5.26 Å². The molecule has 1 heteroatoms. The highest BCUT2D eigenvalue weighted by atomic mass is 14.3. The molecule has 0 aromatic heterocycles. The van der Waals surface area contributed by atoms with Gasteiger partial charge in [-0.1, -0.05) is 18.2 Å². The SMILES string of the molecule is C=C(C)/C(C#N)=C1\C=C(C)CCC1. The molecule has 0 saturated heterocycles. The molecule has 68 valence electrons. The maximum Gasteiger partial charge on any atom is 0.0997 e. The van der Waals surface area contributed by atoms with Gasteiger partial charge in [-0.15, -0.1) is 0 Å². The van der Waals surface area contributed by atoms with Gasteiger partial charge in [-0.2, -0.15) is 5.26 Å². The van der Waals surface area contributed by atoms with E-state index in [1.807, 2.05) is 6.92 Å². The Kier molecular flexibility index (Phi) is 3.08. The quantitative estimate of drug-likeness (QED) is 0.556. The summed E-state index contributed by atoms with van der Waals surface area (Å²) in [5.41, 5.74) is 4.19. The molecular weight excluding hydrogens is 158 g/mol. The molecule has 0 aromatic rings. The highest BCUT2D eigenvalue weighted by Gasteiger charge is 2.09. The van der Waals surface area contributed by atoms with E-state index in [1.165, 1.54) is 17.6 Å². The summed E-state index contributed by atoms with van der Waals surface area (Å²) in [6, 6.07) is 2.23. The maximum absolute atomic E-state index is 8.94. The van der Waals surface area contributed by atoms with E-state index in [0.29, 0.717) is 0 Å². The van der Waals surface area contributed by atoms with Crippen LogP contribution in [0, 0.1) is 11.3 Å². The van der Waals surface area contributed by atoms with E-state index in [2.05, 4.69) is 25.6 Å². The van der Waals surface area contributed by atoms with Crippen molar-refractivity contribution in [2.45, 2.75) is 33.1 Å². The first kappa shape index (κ1) is 9.80. The molecule has 1 nitrogen and oxygen atoms in total. The van der Waals surface area contributed by atoms with Crippen molar-refractivity contribution in [3.63, 3.8) is 0 Å². The van der Waals surface area contributed by atoms with Crippen LogP contribution in [0.15, 0.2) is 34.9 Å². The van der Waals surface area contributed by atoms with Crippen LogP contribution in [0.4, 0.5) is 0 Å². The Morgan fingerprint density at radius 3 is 2.69 bits per heavy atom. The van der Waals surface area contributed by atoms with E-state index < -0.39 is 0 Å². The predicted molar refractivity (Wildman–Crippen MR) is 55.1 cm³/mol. The van der Waals surface area contributed by atoms with E-state index in [9.17, 15) is 0 Å². The van der Waals surface area contributed by atoms with E-state index in [0.717, 1.165) is 24.0 Å². The fraction of sp³-hybridized carbons (Fsp3) is 0.417. The second-order valence-electron chi connectivity index (χ2n) is 3.64. The van der Waals surface area contributed by atoms with Crippen LogP contribution >= 0.6 is 0 Å². The summed E-state index contributed by atoms with van der Waals surface area (Å²) in [6.45, 7) is 7.83. The van der Waals surface area contributed by atoms with Crippen molar-refractivity contribution < 1.29 is 0 Å². The summed E-state index contributed by atoms with van der Waals surface area (Å²) in [6.07, 6.45) is 5.48. The smallest absolute Gasteiger partial charge is 0.0997 e. The molecule has 0 atom stereocenters. The lowest BCUT2D eigenvalue weighted by Crippen LogP contribution is -1.96. The van der Waals surface area contributed by atoms with Gasteiger partial charge in [0.25, 0.3) is 0 Å². The summed E-state index contributed by atoms with van der Waals surface area (Å²) < 4.78 is 0. The minimum absolute atomic E-state index is 0.777.